The Morgan fingerprint density at radius 1 is 0.909 bits per heavy atom. The van der Waals surface area contributed by atoms with Gasteiger partial charge in [0.2, 0.25) is 0 Å². The molecule has 1 aliphatic rings. The molecule has 0 amide bonds. The van der Waals surface area contributed by atoms with Crippen molar-refractivity contribution in [2.45, 2.75) is 18.9 Å². The topological polar surface area (TPSA) is 43.7 Å². The summed E-state index contributed by atoms with van der Waals surface area (Å²) in [5, 5.41) is 18.6. The van der Waals surface area contributed by atoms with Crippen LogP contribution < -0.4 is 0 Å². The smallest absolute Gasteiger partial charge is 0.0610 e. The molecule has 2 aromatic rings. The normalized spacial score (nSPS) is 18.2. The standard InChI is InChI=1S/C14H12.C5H11NO2/c1-3-7-13(8-4-1)11-12-14-9-5-2-6-10-14;7-4-5-2-1-3-6(5)8/h1-12H;5,7-8H,1-4H2/b12-11+;. The van der Waals surface area contributed by atoms with E-state index in [0.717, 1.165) is 12.8 Å². The highest BCUT2D eigenvalue weighted by Crippen LogP contribution is 2.12. The summed E-state index contributed by atoms with van der Waals surface area (Å²) in [6, 6.07) is 20.6. The molecule has 2 N–H and O–H groups in total. The summed E-state index contributed by atoms with van der Waals surface area (Å²) in [6.07, 6.45) is 6.17. The molecule has 0 saturated carbocycles. The highest BCUT2D eigenvalue weighted by Gasteiger charge is 2.20. The summed E-state index contributed by atoms with van der Waals surface area (Å²) >= 11 is 0. The van der Waals surface area contributed by atoms with E-state index < -0.39 is 0 Å². The average Bonchev–Trinajstić information content (AvgIpc) is 3.01. The lowest BCUT2D eigenvalue weighted by atomic mass is 10.1. The van der Waals surface area contributed by atoms with Crippen molar-refractivity contribution in [1.82, 2.24) is 5.06 Å². The van der Waals surface area contributed by atoms with Gasteiger partial charge in [-0.2, -0.15) is 5.06 Å². The van der Waals surface area contributed by atoms with Crippen LogP contribution >= 0.6 is 0 Å². The second kappa shape index (κ2) is 9.15. The Hall–Kier alpha value is -1.94. The van der Waals surface area contributed by atoms with Crippen LogP contribution in [0.3, 0.4) is 0 Å². The maximum atomic E-state index is 8.86. The highest BCUT2D eigenvalue weighted by molar-refractivity contribution is 5.69. The summed E-state index contributed by atoms with van der Waals surface area (Å²) in [6.45, 7) is 0.793. The van der Waals surface area contributed by atoms with Gasteiger partial charge >= 0.3 is 0 Å². The van der Waals surface area contributed by atoms with E-state index in [9.17, 15) is 0 Å². The number of hydrogen-bond donors (Lipinski definition) is 2. The molecule has 2 aromatic carbocycles. The maximum Gasteiger partial charge on any atom is 0.0610 e. The first-order chi connectivity index (χ1) is 10.8. The Morgan fingerprint density at radius 2 is 1.41 bits per heavy atom. The number of nitrogens with zero attached hydrogens (tertiary/aromatic N) is 1. The molecule has 0 aromatic heterocycles. The van der Waals surface area contributed by atoms with Crippen LogP contribution in [-0.4, -0.2) is 34.6 Å². The fourth-order valence-corrected chi connectivity index (χ4v) is 2.33. The van der Waals surface area contributed by atoms with Crippen LogP contribution in [0.1, 0.15) is 24.0 Å². The van der Waals surface area contributed by atoms with E-state index in [1.165, 1.54) is 16.2 Å². The molecule has 0 bridgehead atoms. The predicted molar refractivity (Wildman–Crippen MR) is 90.4 cm³/mol. The minimum absolute atomic E-state index is 0.00926. The van der Waals surface area contributed by atoms with Crippen molar-refractivity contribution in [3.8, 4) is 0 Å². The predicted octanol–water partition coefficient (Wildman–Crippen LogP) is 3.69. The third-order valence-corrected chi connectivity index (χ3v) is 3.62. The Kier molecular flexibility index (Phi) is 6.84. The zero-order valence-corrected chi connectivity index (χ0v) is 12.7. The summed E-state index contributed by atoms with van der Waals surface area (Å²) in [4.78, 5) is 0. The van der Waals surface area contributed by atoms with Crippen LogP contribution in [0.4, 0.5) is 0 Å². The van der Waals surface area contributed by atoms with Crippen LogP contribution in [0.15, 0.2) is 60.7 Å². The van der Waals surface area contributed by atoms with Crippen molar-refractivity contribution >= 4 is 12.2 Å². The Labute approximate surface area is 132 Å². The van der Waals surface area contributed by atoms with Gasteiger partial charge in [-0.25, -0.2) is 0 Å². The molecule has 1 aliphatic heterocycles. The molecule has 3 nitrogen and oxygen atoms in total. The Balaban J connectivity index is 0.000000188. The van der Waals surface area contributed by atoms with Gasteiger partial charge in [0.1, 0.15) is 0 Å². The number of aliphatic hydroxyl groups is 1. The van der Waals surface area contributed by atoms with E-state index >= 15 is 0 Å². The fraction of sp³-hybridized carbons (Fsp3) is 0.263. The zero-order chi connectivity index (χ0) is 15.6. The van der Waals surface area contributed by atoms with Crippen LogP contribution in [0.25, 0.3) is 12.2 Å². The maximum absolute atomic E-state index is 8.86. The molecule has 1 unspecified atom stereocenters. The molecular formula is C19H23NO2. The first kappa shape index (κ1) is 16.4. The van der Waals surface area contributed by atoms with Gasteiger partial charge in [-0.3, -0.25) is 0 Å². The molecule has 3 rings (SSSR count). The summed E-state index contributed by atoms with van der Waals surface area (Å²) < 4.78 is 0. The lowest BCUT2D eigenvalue weighted by molar-refractivity contribution is -0.113. The molecule has 3 heteroatoms. The van der Waals surface area contributed by atoms with E-state index in [1.54, 1.807) is 0 Å². The molecule has 0 radical (unpaired) electrons. The summed E-state index contributed by atoms with van der Waals surface area (Å²) in [5.74, 6) is 0. The molecular weight excluding hydrogens is 274 g/mol. The van der Waals surface area contributed by atoms with E-state index in [0.29, 0.717) is 6.54 Å². The molecule has 1 saturated heterocycles. The largest absolute Gasteiger partial charge is 0.395 e. The molecule has 1 fully saturated rings. The summed E-state index contributed by atoms with van der Waals surface area (Å²) in [7, 11) is 0. The average molecular weight is 297 g/mol. The van der Waals surface area contributed by atoms with Gasteiger partial charge < -0.3 is 10.3 Å². The van der Waals surface area contributed by atoms with Crippen LogP contribution in [0, 0.1) is 0 Å². The lowest BCUT2D eigenvalue weighted by Gasteiger charge is -2.12. The molecule has 1 atom stereocenters. The Morgan fingerprint density at radius 3 is 1.73 bits per heavy atom. The lowest BCUT2D eigenvalue weighted by Crippen LogP contribution is -2.28. The fourth-order valence-electron chi connectivity index (χ4n) is 2.33. The van der Waals surface area contributed by atoms with Gasteiger partial charge in [0.15, 0.2) is 0 Å². The van der Waals surface area contributed by atoms with Gasteiger partial charge in [0.05, 0.1) is 12.6 Å². The van der Waals surface area contributed by atoms with Gasteiger partial charge in [-0.1, -0.05) is 72.8 Å². The third-order valence-electron chi connectivity index (χ3n) is 3.62. The quantitative estimate of drug-likeness (QED) is 0.849. The van der Waals surface area contributed by atoms with Gasteiger partial charge in [0.25, 0.3) is 0 Å². The first-order valence-electron chi connectivity index (χ1n) is 7.64. The van der Waals surface area contributed by atoms with Crippen molar-refractivity contribution in [1.29, 1.82) is 0 Å². The minimum Gasteiger partial charge on any atom is -0.395 e. The van der Waals surface area contributed by atoms with Crippen molar-refractivity contribution in [2.75, 3.05) is 13.2 Å². The molecule has 0 aliphatic carbocycles. The van der Waals surface area contributed by atoms with Crippen molar-refractivity contribution < 1.29 is 10.3 Å². The van der Waals surface area contributed by atoms with Crippen LogP contribution in [0.5, 0.6) is 0 Å². The molecule has 22 heavy (non-hydrogen) atoms. The van der Waals surface area contributed by atoms with Gasteiger partial charge in [-0.15, -0.1) is 0 Å². The number of aliphatic hydroxyl groups excluding tert-OH is 1. The molecule has 0 spiro atoms. The first-order valence-corrected chi connectivity index (χ1v) is 7.64. The third kappa shape index (κ3) is 5.45. The zero-order valence-electron chi connectivity index (χ0n) is 12.7. The van der Waals surface area contributed by atoms with Crippen molar-refractivity contribution in [3.63, 3.8) is 0 Å². The van der Waals surface area contributed by atoms with Gasteiger partial charge in [-0.05, 0) is 24.0 Å². The SMILES string of the molecule is C(=C\c1ccccc1)/c1ccccc1.OCC1CCCN1O. The second-order valence-electron chi connectivity index (χ2n) is 5.30. The molecule has 116 valence electrons. The monoisotopic (exact) mass is 297 g/mol. The Bertz CT molecular complexity index is 513. The molecule has 1 heterocycles. The van der Waals surface area contributed by atoms with E-state index in [1.807, 2.05) is 36.4 Å². The van der Waals surface area contributed by atoms with Crippen molar-refractivity contribution in [3.05, 3.63) is 71.8 Å². The number of benzene rings is 2. The van der Waals surface area contributed by atoms with E-state index in [4.69, 9.17) is 10.3 Å². The van der Waals surface area contributed by atoms with Crippen molar-refractivity contribution in [2.24, 2.45) is 0 Å². The second-order valence-corrected chi connectivity index (χ2v) is 5.30. The summed E-state index contributed by atoms with van der Waals surface area (Å²) in [5.41, 5.74) is 2.47. The van der Waals surface area contributed by atoms with E-state index in [-0.39, 0.29) is 12.6 Å². The van der Waals surface area contributed by atoms with Crippen LogP contribution in [-0.2, 0) is 0 Å². The van der Waals surface area contributed by atoms with E-state index in [2.05, 4.69) is 36.4 Å². The number of hydroxylamine groups is 2. The number of rotatable bonds is 3. The van der Waals surface area contributed by atoms with Crippen LogP contribution in [0.2, 0.25) is 0 Å². The minimum atomic E-state index is 0.00926. The highest BCUT2D eigenvalue weighted by atomic mass is 16.5. The van der Waals surface area contributed by atoms with Gasteiger partial charge in [0, 0.05) is 6.54 Å². The number of hydrogen-bond acceptors (Lipinski definition) is 3.